The van der Waals surface area contributed by atoms with Crippen molar-refractivity contribution in [1.82, 2.24) is 0 Å². The summed E-state index contributed by atoms with van der Waals surface area (Å²) in [4.78, 5) is 11.2. The fourth-order valence-electron chi connectivity index (χ4n) is 1.07. The molecule has 5 heteroatoms. The number of hydrogen-bond acceptors (Lipinski definition) is 4. The van der Waals surface area contributed by atoms with E-state index in [9.17, 15) is 9.18 Å². The topological polar surface area (TPSA) is 64.3 Å². The molecule has 14 heavy (non-hydrogen) atoms. The van der Waals surface area contributed by atoms with Crippen LogP contribution in [0, 0.1) is 5.82 Å². The molecule has 0 bridgehead atoms. The van der Waals surface area contributed by atoms with E-state index in [4.69, 9.17) is 5.73 Å². The molecule has 0 atom stereocenters. The molecule has 3 N–H and O–H groups in total. The minimum absolute atomic E-state index is 0.0633. The van der Waals surface area contributed by atoms with Crippen LogP contribution in [0.3, 0.4) is 0 Å². The summed E-state index contributed by atoms with van der Waals surface area (Å²) in [7, 11) is 2.79. The zero-order valence-electron chi connectivity index (χ0n) is 7.93. The summed E-state index contributed by atoms with van der Waals surface area (Å²) in [5, 5.41) is 2.60. The van der Waals surface area contributed by atoms with E-state index in [0.717, 1.165) is 6.07 Å². The van der Waals surface area contributed by atoms with Crippen molar-refractivity contribution >= 4 is 17.3 Å². The van der Waals surface area contributed by atoms with Crippen LogP contribution in [0.5, 0.6) is 0 Å². The fraction of sp³-hybridized carbons (Fsp3) is 0.222. The van der Waals surface area contributed by atoms with Crippen molar-refractivity contribution < 1.29 is 13.9 Å². The summed E-state index contributed by atoms with van der Waals surface area (Å²) in [6.45, 7) is 0. The van der Waals surface area contributed by atoms with Crippen LogP contribution < -0.4 is 11.1 Å². The van der Waals surface area contributed by atoms with E-state index in [2.05, 4.69) is 10.1 Å². The summed E-state index contributed by atoms with van der Waals surface area (Å²) < 4.78 is 17.6. The number of nitrogen functional groups attached to an aromatic ring is 1. The van der Waals surface area contributed by atoms with Gasteiger partial charge in [-0.05, 0) is 12.1 Å². The second-order valence-electron chi connectivity index (χ2n) is 2.66. The number of carbonyl (C=O) groups excluding carboxylic acids is 1. The monoisotopic (exact) mass is 198 g/mol. The van der Waals surface area contributed by atoms with Crippen molar-refractivity contribution in [3.05, 3.63) is 23.5 Å². The quantitative estimate of drug-likeness (QED) is 0.554. The molecular weight excluding hydrogens is 187 g/mol. The standard InChI is InChI=1S/C9H11FN2O2/c1-12-8-3-5(9(13)14-2)7(11)4-6(8)10/h3-4,12H,11H2,1-2H3. The molecule has 76 valence electrons. The number of benzene rings is 1. The van der Waals surface area contributed by atoms with Crippen molar-refractivity contribution in [1.29, 1.82) is 0 Å². The molecule has 0 aliphatic heterocycles. The Morgan fingerprint density at radius 1 is 1.57 bits per heavy atom. The van der Waals surface area contributed by atoms with Crippen LogP contribution in [0.2, 0.25) is 0 Å². The van der Waals surface area contributed by atoms with Gasteiger partial charge in [0.25, 0.3) is 0 Å². The highest BCUT2D eigenvalue weighted by molar-refractivity contribution is 5.96. The van der Waals surface area contributed by atoms with Crippen molar-refractivity contribution in [2.75, 3.05) is 25.2 Å². The van der Waals surface area contributed by atoms with Gasteiger partial charge in [-0.3, -0.25) is 0 Å². The molecule has 0 aliphatic carbocycles. The summed E-state index contributed by atoms with van der Waals surface area (Å²) in [5.41, 5.74) is 5.88. The molecule has 1 rings (SSSR count). The van der Waals surface area contributed by atoms with Crippen LogP contribution in [0.4, 0.5) is 15.8 Å². The Bertz CT molecular complexity index is 366. The van der Waals surface area contributed by atoms with Gasteiger partial charge in [-0.25, -0.2) is 9.18 Å². The minimum atomic E-state index is -0.584. The third-order valence-electron chi connectivity index (χ3n) is 1.81. The summed E-state index contributed by atoms with van der Waals surface area (Å²) in [5.74, 6) is -1.09. The summed E-state index contributed by atoms with van der Waals surface area (Å²) >= 11 is 0. The molecule has 0 aliphatic rings. The van der Waals surface area contributed by atoms with Crippen molar-refractivity contribution in [2.24, 2.45) is 0 Å². The predicted molar refractivity (Wildman–Crippen MR) is 51.7 cm³/mol. The van der Waals surface area contributed by atoms with Gasteiger partial charge in [-0.1, -0.05) is 0 Å². The van der Waals surface area contributed by atoms with Crippen LogP contribution in [0.15, 0.2) is 12.1 Å². The normalized spacial score (nSPS) is 9.64. The second kappa shape index (κ2) is 3.95. The number of hydrogen-bond donors (Lipinski definition) is 2. The number of halogens is 1. The van der Waals surface area contributed by atoms with Crippen LogP contribution in [-0.4, -0.2) is 20.1 Å². The maximum Gasteiger partial charge on any atom is 0.340 e. The third kappa shape index (κ3) is 1.76. The molecule has 4 nitrogen and oxygen atoms in total. The Balaban J connectivity index is 3.24. The molecular formula is C9H11FN2O2. The first-order chi connectivity index (χ1) is 6.60. The maximum absolute atomic E-state index is 13.1. The summed E-state index contributed by atoms with van der Waals surface area (Å²) in [6.07, 6.45) is 0. The number of anilines is 2. The lowest BCUT2D eigenvalue weighted by Gasteiger charge is -2.07. The van der Waals surface area contributed by atoms with Crippen LogP contribution in [0.25, 0.3) is 0 Å². The average molecular weight is 198 g/mol. The number of carbonyl (C=O) groups is 1. The van der Waals surface area contributed by atoms with Gasteiger partial charge in [0.2, 0.25) is 0 Å². The highest BCUT2D eigenvalue weighted by Crippen LogP contribution is 2.22. The SMILES string of the molecule is CNc1cc(C(=O)OC)c(N)cc1F. The lowest BCUT2D eigenvalue weighted by molar-refractivity contribution is 0.0602. The van der Waals surface area contributed by atoms with Gasteiger partial charge < -0.3 is 15.8 Å². The van der Waals surface area contributed by atoms with Crippen LogP contribution in [0.1, 0.15) is 10.4 Å². The third-order valence-corrected chi connectivity index (χ3v) is 1.81. The molecule has 0 unspecified atom stereocenters. The fourth-order valence-corrected chi connectivity index (χ4v) is 1.07. The maximum atomic E-state index is 13.1. The first-order valence-electron chi connectivity index (χ1n) is 3.95. The highest BCUT2D eigenvalue weighted by atomic mass is 19.1. The number of rotatable bonds is 2. The average Bonchev–Trinajstić information content (AvgIpc) is 2.17. The van der Waals surface area contributed by atoms with E-state index in [0.29, 0.717) is 0 Å². The Morgan fingerprint density at radius 3 is 2.71 bits per heavy atom. The zero-order valence-corrected chi connectivity index (χ0v) is 7.93. The zero-order chi connectivity index (χ0) is 10.7. The Labute approximate surface area is 80.9 Å². The molecule has 0 amide bonds. The van der Waals surface area contributed by atoms with E-state index >= 15 is 0 Å². The van der Waals surface area contributed by atoms with Gasteiger partial charge in [0, 0.05) is 12.7 Å². The highest BCUT2D eigenvalue weighted by Gasteiger charge is 2.13. The molecule has 0 saturated heterocycles. The van der Waals surface area contributed by atoms with Crippen molar-refractivity contribution in [2.45, 2.75) is 0 Å². The number of esters is 1. The largest absolute Gasteiger partial charge is 0.465 e. The minimum Gasteiger partial charge on any atom is -0.465 e. The smallest absolute Gasteiger partial charge is 0.340 e. The van der Waals surface area contributed by atoms with Gasteiger partial charge in [0.05, 0.1) is 18.4 Å². The molecule has 1 aromatic rings. The van der Waals surface area contributed by atoms with Gasteiger partial charge in [0.15, 0.2) is 0 Å². The second-order valence-corrected chi connectivity index (χ2v) is 2.66. The lowest BCUT2D eigenvalue weighted by atomic mass is 10.1. The number of nitrogens with one attached hydrogen (secondary N) is 1. The first-order valence-corrected chi connectivity index (χ1v) is 3.95. The van der Waals surface area contributed by atoms with Gasteiger partial charge in [-0.15, -0.1) is 0 Å². The van der Waals surface area contributed by atoms with Gasteiger partial charge in [0.1, 0.15) is 5.82 Å². The van der Waals surface area contributed by atoms with Crippen LogP contribution >= 0.6 is 0 Å². The molecule has 0 fully saturated rings. The molecule has 0 saturated carbocycles. The van der Waals surface area contributed by atoms with E-state index in [1.165, 1.54) is 13.2 Å². The number of ether oxygens (including phenoxy) is 1. The number of nitrogens with two attached hydrogens (primary N) is 1. The van der Waals surface area contributed by atoms with Crippen molar-refractivity contribution in [3.63, 3.8) is 0 Å². The molecule has 0 aromatic heterocycles. The van der Waals surface area contributed by atoms with Crippen LogP contribution in [-0.2, 0) is 4.74 Å². The Kier molecular flexibility index (Phi) is 2.91. The molecule has 1 aromatic carbocycles. The van der Waals surface area contributed by atoms with Gasteiger partial charge in [-0.2, -0.15) is 0 Å². The summed E-state index contributed by atoms with van der Waals surface area (Å²) in [6, 6.07) is 2.40. The van der Waals surface area contributed by atoms with E-state index in [-0.39, 0.29) is 16.9 Å². The van der Waals surface area contributed by atoms with Gasteiger partial charge >= 0.3 is 5.97 Å². The lowest BCUT2D eigenvalue weighted by Crippen LogP contribution is -2.07. The van der Waals surface area contributed by atoms with E-state index in [1.807, 2.05) is 0 Å². The van der Waals surface area contributed by atoms with E-state index in [1.54, 1.807) is 7.05 Å². The molecule has 0 radical (unpaired) electrons. The number of methoxy groups -OCH3 is 1. The molecule has 0 heterocycles. The first kappa shape index (κ1) is 10.3. The van der Waals surface area contributed by atoms with Crippen molar-refractivity contribution in [3.8, 4) is 0 Å². The molecule has 0 spiro atoms. The Morgan fingerprint density at radius 2 is 2.21 bits per heavy atom. The van der Waals surface area contributed by atoms with E-state index < -0.39 is 11.8 Å². The predicted octanol–water partition coefficient (Wildman–Crippen LogP) is 1.24. The Hall–Kier alpha value is -1.78.